The number of aliphatic imine (C=N–C) groups is 1. The Balaban J connectivity index is 2.38. The molecule has 0 atom stereocenters. The molecule has 1 heterocycles. The Hall–Kier alpha value is -1.50. The molecule has 1 amide bonds. The maximum absolute atomic E-state index is 11.9. The molecule has 1 saturated heterocycles. The highest BCUT2D eigenvalue weighted by Gasteiger charge is 2.34. The summed E-state index contributed by atoms with van der Waals surface area (Å²) in [6.45, 7) is 15.8. The fourth-order valence-electron chi connectivity index (χ4n) is 2.14. The van der Waals surface area contributed by atoms with Crippen LogP contribution >= 0.6 is 0 Å². The topological polar surface area (TPSA) is 69.2 Å². The summed E-state index contributed by atoms with van der Waals surface area (Å²) in [4.78, 5) is 20.5. The maximum Gasteiger partial charge on any atom is 0.410 e. The number of carbonyl (C=O) groups excluding carboxylic acids is 1. The van der Waals surface area contributed by atoms with Crippen LogP contribution in [0.2, 0.25) is 0 Å². The van der Waals surface area contributed by atoms with Crippen LogP contribution < -0.4 is 10.6 Å². The van der Waals surface area contributed by atoms with Crippen molar-refractivity contribution in [3.63, 3.8) is 0 Å². The summed E-state index contributed by atoms with van der Waals surface area (Å²) < 4.78 is 5.36. The number of likely N-dealkylation sites (tertiary alicyclic amines) is 1. The minimum Gasteiger partial charge on any atom is -0.444 e. The van der Waals surface area contributed by atoms with Crippen LogP contribution in [0.5, 0.6) is 0 Å². The number of nitrogens with one attached hydrogen (secondary N) is 2. The number of amides is 1. The monoisotopic (exact) mass is 341 g/mol. The van der Waals surface area contributed by atoms with Gasteiger partial charge in [-0.3, -0.25) is 4.99 Å². The number of nitrogens with zero attached hydrogens (tertiary/aromatic N) is 3. The van der Waals surface area contributed by atoms with Gasteiger partial charge < -0.3 is 25.2 Å². The first kappa shape index (κ1) is 20.5. The van der Waals surface area contributed by atoms with E-state index >= 15 is 0 Å². The van der Waals surface area contributed by atoms with E-state index in [0.29, 0.717) is 19.1 Å². The predicted molar refractivity (Wildman–Crippen MR) is 98.5 cm³/mol. The average molecular weight is 342 g/mol. The first-order valence-corrected chi connectivity index (χ1v) is 8.85. The van der Waals surface area contributed by atoms with Gasteiger partial charge in [0, 0.05) is 32.2 Å². The zero-order valence-electron chi connectivity index (χ0n) is 16.3. The van der Waals surface area contributed by atoms with E-state index in [0.717, 1.165) is 25.6 Å². The Bertz CT molecular complexity index is 425. The van der Waals surface area contributed by atoms with Crippen LogP contribution in [0.15, 0.2) is 4.99 Å². The summed E-state index contributed by atoms with van der Waals surface area (Å²) in [5, 5.41) is 6.63. The van der Waals surface area contributed by atoms with Crippen molar-refractivity contribution < 1.29 is 9.53 Å². The number of guanidine groups is 1. The highest BCUT2D eigenvalue weighted by atomic mass is 16.6. The molecule has 0 spiro atoms. The van der Waals surface area contributed by atoms with Gasteiger partial charge in [0.1, 0.15) is 5.60 Å². The standard InChI is InChI=1S/C17H35N5O2/c1-8-18-15(19-9-10-21(7)13(2)3)20-14-11-22(12-14)16(23)24-17(4,5)6/h13-14H,8-12H2,1-7H3,(H2,18,19,20). The number of likely N-dealkylation sites (N-methyl/N-ethyl adjacent to an activating group) is 1. The van der Waals surface area contributed by atoms with Crippen molar-refractivity contribution in [3.8, 4) is 0 Å². The van der Waals surface area contributed by atoms with Gasteiger partial charge in [0.15, 0.2) is 5.96 Å². The van der Waals surface area contributed by atoms with Crippen LogP contribution in [0.3, 0.4) is 0 Å². The largest absolute Gasteiger partial charge is 0.444 e. The van der Waals surface area contributed by atoms with Crippen molar-refractivity contribution >= 4 is 12.1 Å². The van der Waals surface area contributed by atoms with Gasteiger partial charge in [-0.25, -0.2) is 4.79 Å². The lowest BCUT2D eigenvalue weighted by atomic mass is 10.1. The lowest BCUT2D eigenvalue weighted by Crippen LogP contribution is -2.63. The molecule has 0 aromatic heterocycles. The Labute approximate surface area is 146 Å². The van der Waals surface area contributed by atoms with E-state index in [1.54, 1.807) is 4.90 Å². The van der Waals surface area contributed by atoms with Crippen LogP contribution in [0.4, 0.5) is 4.79 Å². The average Bonchev–Trinajstić information content (AvgIpc) is 2.39. The molecular weight excluding hydrogens is 306 g/mol. The summed E-state index contributed by atoms with van der Waals surface area (Å²) in [6, 6.07) is 0.739. The van der Waals surface area contributed by atoms with E-state index in [-0.39, 0.29) is 12.1 Å². The molecule has 0 aliphatic carbocycles. The molecule has 0 aromatic rings. The molecule has 1 aliphatic heterocycles. The highest BCUT2D eigenvalue weighted by molar-refractivity contribution is 5.80. The molecule has 24 heavy (non-hydrogen) atoms. The van der Waals surface area contributed by atoms with Gasteiger partial charge in [-0.2, -0.15) is 0 Å². The second-order valence-electron chi connectivity index (χ2n) is 7.56. The molecule has 0 saturated carbocycles. The molecule has 1 aliphatic rings. The first-order chi connectivity index (χ1) is 11.1. The van der Waals surface area contributed by atoms with Gasteiger partial charge in [0.05, 0.1) is 12.6 Å². The molecule has 1 fully saturated rings. The SMILES string of the molecule is CCNC(=NCCN(C)C(C)C)NC1CN(C(=O)OC(C)(C)C)C1. The summed E-state index contributed by atoms with van der Waals surface area (Å²) in [5.41, 5.74) is -0.450. The Morgan fingerprint density at radius 1 is 1.38 bits per heavy atom. The molecule has 1 rings (SSSR count). The summed E-state index contributed by atoms with van der Waals surface area (Å²) in [6.07, 6.45) is -0.249. The fraction of sp³-hybridized carbons (Fsp3) is 0.882. The van der Waals surface area contributed by atoms with Gasteiger partial charge in [-0.1, -0.05) is 0 Å². The van der Waals surface area contributed by atoms with E-state index < -0.39 is 5.60 Å². The Morgan fingerprint density at radius 2 is 2.00 bits per heavy atom. The number of carbonyl (C=O) groups is 1. The number of rotatable bonds is 6. The zero-order valence-corrected chi connectivity index (χ0v) is 16.3. The van der Waals surface area contributed by atoms with E-state index in [9.17, 15) is 4.79 Å². The van der Waals surface area contributed by atoms with E-state index in [4.69, 9.17) is 4.74 Å². The van der Waals surface area contributed by atoms with Crippen molar-refractivity contribution in [2.45, 2.75) is 59.2 Å². The van der Waals surface area contributed by atoms with Gasteiger partial charge in [-0.15, -0.1) is 0 Å². The van der Waals surface area contributed by atoms with Crippen LogP contribution in [-0.4, -0.2) is 79.3 Å². The quantitative estimate of drug-likeness (QED) is 0.566. The third kappa shape index (κ3) is 7.38. The van der Waals surface area contributed by atoms with Crippen LogP contribution in [0, 0.1) is 0 Å². The van der Waals surface area contributed by atoms with Crippen molar-refractivity contribution in [3.05, 3.63) is 0 Å². The fourth-order valence-corrected chi connectivity index (χ4v) is 2.14. The first-order valence-electron chi connectivity index (χ1n) is 8.85. The van der Waals surface area contributed by atoms with Crippen molar-refractivity contribution in [2.75, 3.05) is 39.8 Å². The molecule has 140 valence electrons. The summed E-state index contributed by atoms with van der Waals surface area (Å²) >= 11 is 0. The van der Waals surface area contributed by atoms with Gasteiger partial charge in [0.2, 0.25) is 0 Å². The van der Waals surface area contributed by atoms with Crippen molar-refractivity contribution in [1.82, 2.24) is 20.4 Å². The molecule has 0 unspecified atom stereocenters. The van der Waals surface area contributed by atoms with Crippen molar-refractivity contribution in [1.29, 1.82) is 0 Å². The predicted octanol–water partition coefficient (Wildman–Crippen LogP) is 1.50. The molecular formula is C17H35N5O2. The third-order valence-corrected chi connectivity index (χ3v) is 3.82. The van der Waals surface area contributed by atoms with E-state index in [1.807, 2.05) is 27.7 Å². The lowest BCUT2D eigenvalue weighted by Gasteiger charge is -2.40. The number of ether oxygens (including phenoxy) is 1. The Kier molecular flexibility index (Phi) is 7.79. The van der Waals surface area contributed by atoms with Gasteiger partial charge in [-0.05, 0) is 48.6 Å². The summed E-state index contributed by atoms with van der Waals surface area (Å²) in [7, 11) is 2.10. The minimum atomic E-state index is -0.450. The molecule has 7 heteroatoms. The second kappa shape index (κ2) is 9.11. The number of hydrogen-bond donors (Lipinski definition) is 2. The normalized spacial score (nSPS) is 16.4. The van der Waals surface area contributed by atoms with Crippen molar-refractivity contribution in [2.24, 2.45) is 4.99 Å². The molecule has 0 aromatic carbocycles. The minimum absolute atomic E-state index is 0.221. The smallest absolute Gasteiger partial charge is 0.410 e. The van der Waals surface area contributed by atoms with E-state index in [2.05, 4.69) is 41.4 Å². The second-order valence-corrected chi connectivity index (χ2v) is 7.56. The molecule has 7 nitrogen and oxygen atoms in total. The zero-order chi connectivity index (χ0) is 18.3. The molecule has 2 N–H and O–H groups in total. The number of hydrogen-bond acceptors (Lipinski definition) is 4. The molecule has 0 bridgehead atoms. The van der Waals surface area contributed by atoms with E-state index in [1.165, 1.54) is 0 Å². The third-order valence-electron chi connectivity index (χ3n) is 3.82. The van der Waals surface area contributed by atoms with Crippen LogP contribution in [-0.2, 0) is 4.74 Å². The highest BCUT2D eigenvalue weighted by Crippen LogP contribution is 2.15. The molecule has 0 radical (unpaired) electrons. The van der Waals surface area contributed by atoms with Gasteiger partial charge in [0.25, 0.3) is 0 Å². The maximum atomic E-state index is 11.9. The van der Waals surface area contributed by atoms with Crippen LogP contribution in [0.1, 0.15) is 41.5 Å². The summed E-state index contributed by atoms with van der Waals surface area (Å²) in [5.74, 6) is 0.809. The lowest BCUT2D eigenvalue weighted by molar-refractivity contribution is 0.00701. The van der Waals surface area contributed by atoms with Crippen LogP contribution in [0.25, 0.3) is 0 Å². The Morgan fingerprint density at radius 3 is 2.50 bits per heavy atom. The van der Waals surface area contributed by atoms with Gasteiger partial charge >= 0.3 is 6.09 Å².